The topological polar surface area (TPSA) is 113 Å². The number of hydrogen-bond acceptors (Lipinski definition) is 4. The van der Waals surface area contributed by atoms with Crippen molar-refractivity contribution in [1.29, 1.82) is 0 Å². The smallest absolute Gasteiger partial charge is 0.328 e. The summed E-state index contributed by atoms with van der Waals surface area (Å²) in [5, 5.41) is 20.5. The lowest BCUT2D eigenvalue weighted by Crippen LogP contribution is -2.47. The second kappa shape index (κ2) is 8.21. The molecule has 0 bridgehead atoms. The van der Waals surface area contributed by atoms with Gasteiger partial charge in [0, 0.05) is 6.42 Å². The maximum absolute atomic E-state index is 11.8. The Morgan fingerprint density at radius 2 is 1.80 bits per heavy atom. The molecule has 0 saturated heterocycles. The first-order chi connectivity index (χ1) is 9.09. The zero-order chi connectivity index (χ0) is 15.9. The van der Waals surface area contributed by atoms with Crippen LogP contribution in [0.1, 0.15) is 47.0 Å². The minimum Gasteiger partial charge on any atom is -0.480 e. The van der Waals surface area contributed by atoms with E-state index in [0.717, 1.165) is 6.42 Å². The molecule has 1 unspecified atom stereocenters. The van der Waals surface area contributed by atoms with Crippen molar-refractivity contribution in [2.24, 2.45) is 17.1 Å². The Morgan fingerprint density at radius 1 is 1.25 bits per heavy atom. The van der Waals surface area contributed by atoms with Gasteiger partial charge < -0.3 is 21.3 Å². The largest absolute Gasteiger partial charge is 0.480 e. The summed E-state index contributed by atoms with van der Waals surface area (Å²) in [4.78, 5) is 22.7. The molecule has 5 N–H and O–H groups in total. The van der Waals surface area contributed by atoms with Gasteiger partial charge in [-0.25, -0.2) is 4.79 Å². The predicted molar refractivity (Wildman–Crippen MR) is 77.1 cm³/mol. The first-order valence-electron chi connectivity index (χ1n) is 7.00. The van der Waals surface area contributed by atoms with E-state index in [1.807, 2.05) is 0 Å². The van der Waals surface area contributed by atoms with E-state index in [0.29, 0.717) is 18.9 Å². The third-order valence-electron chi connectivity index (χ3n) is 3.52. The lowest BCUT2D eigenvalue weighted by Gasteiger charge is -2.30. The summed E-state index contributed by atoms with van der Waals surface area (Å²) in [6.07, 6.45) is 0.589. The van der Waals surface area contributed by atoms with Crippen molar-refractivity contribution in [3.05, 3.63) is 0 Å². The van der Waals surface area contributed by atoms with Crippen LogP contribution in [0.25, 0.3) is 0 Å². The highest BCUT2D eigenvalue weighted by Crippen LogP contribution is 2.31. The van der Waals surface area contributed by atoms with E-state index in [2.05, 4.69) is 26.1 Å². The SMILES string of the molecule is C[C@@H](O)[C@H](NC(=O)CCC(CCN)C(C)(C)C)C(=O)O. The molecule has 0 aliphatic heterocycles. The number of aliphatic carboxylic acids is 1. The van der Waals surface area contributed by atoms with Crippen LogP contribution in [0.5, 0.6) is 0 Å². The molecule has 0 rings (SSSR count). The van der Waals surface area contributed by atoms with Crippen molar-refractivity contribution in [2.45, 2.75) is 59.1 Å². The molecule has 0 aliphatic carbocycles. The van der Waals surface area contributed by atoms with E-state index in [1.54, 1.807) is 0 Å². The minimum absolute atomic E-state index is 0.0517. The van der Waals surface area contributed by atoms with Crippen LogP contribution >= 0.6 is 0 Å². The minimum atomic E-state index is -1.26. The molecule has 0 aromatic carbocycles. The van der Waals surface area contributed by atoms with Crippen LogP contribution in [0.15, 0.2) is 0 Å². The fourth-order valence-electron chi connectivity index (χ4n) is 2.15. The van der Waals surface area contributed by atoms with Gasteiger partial charge in [0.2, 0.25) is 5.91 Å². The maximum atomic E-state index is 11.8. The second-order valence-corrected chi connectivity index (χ2v) is 6.30. The van der Waals surface area contributed by atoms with Crippen LogP contribution in [0, 0.1) is 11.3 Å². The molecule has 0 aliphatic rings. The molecule has 20 heavy (non-hydrogen) atoms. The highest BCUT2D eigenvalue weighted by molar-refractivity contribution is 5.83. The third-order valence-corrected chi connectivity index (χ3v) is 3.52. The molecule has 6 heteroatoms. The Morgan fingerprint density at radius 3 is 2.15 bits per heavy atom. The highest BCUT2D eigenvalue weighted by atomic mass is 16.4. The number of carboxylic acid groups (broad SMARTS) is 1. The molecule has 0 radical (unpaired) electrons. The van der Waals surface area contributed by atoms with Crippen LogP contribution < -0.4 is 11.1 Å². The summed E-state index contributed by atoms with van der Waals surface area (Å²) in [5.41, 5.74) is 5.63. The zero-order valence-corrected chi connectivity index (χ0v) is 12.8. The molecular formula is C14H28N2O4. The second-order valence-electron chi connectivity index (χ2n) is 6.30. The van der Waals surface area contributed by atoms with E-state index in [4.69, 9.17) is 10.8 Å². The molecule has 118 valence electrons. The summed E-state index contributed by atoms with van der Waals surface area (Å²) in [7, 11) is 0. The lowest BCUT2D eigenvalue weighted by atomic mass is 9.76. The number of hydrogen-bond donors (Lipinski definition) is 4. The van der Waals surface area contributed by atoms with E-state index in [-0.39, 0.29) is 17.7 Å². The fraction of sp³-hybridized carbons (Fsp3) is 0.857. The highest BCUT2D eigenvalue weighted by Gasteiger charge is 2.27. The zero-order valence-electron chi connectivity index (χ0n) is 12.8. The van der Waals surface area contributed by atoms with Gasteiger partial charge in [0.25, 0.3) is 0 Å². The number of aliphatic hydroxyl groups is 1. The number of nitrogens with two attached hydrogens (primary N) is 1. The molecule has 0 aromatic heterocycles. The molecule has 0 heterocycles. The van der Waals surface area contributed by atoms with Crippen molar-refractivity contribution in [2.75, 3.05) is 6.54 Å². The van der Waals surface area contributed by atoms with Crippen LogP contribution in [0.2, 0.25) is 0 Å². The van der Waals surface area contributed by atoms with Crippen molar-refractivity contribution >= 4 is 11.9 Å². The monoisotopic (exact) mass is 288 g/mol. The van der Waals surface area contributed by atoms with Crippen molar-refractivity contribution in [3.63, 3.8) is 0 Å². The molecule has 1 amide bonds. The Labute approximate surface area is 120 Å². The normalized spacial score (nSPS) is 16.3. The first kappa shape index (κ1) is 18.9. The van der Waals surface area contributed by atoms with Gasteiger partial charge in [0.15, 0.2) is 6.04 Å². The Bertz CT molecular complexity index is 324. The number of nitrogens with one attached hydrogen (secondary N) is 1. The number of rotatable bonds is 8. The van der Waals surface area contributed by atoms with E-state index >= 15 is 0 Å². The molecule has 0 spiro atoms. The average Bonchev–Trinajstić information content (AvgIpc) is 2.29. The predicted octanol–water partition coefficient (Wildman–Crippen LogP) is 0.728. The van der Waals surface area contributed by atoms with Gasteiger partial charge >= 0.3 is 5.97 Å². The molecular weight excluding hydrogens is 260 g/mol. The quantitative estimate of drug-likeness (QED) is 0.526. The third kappa shape index (κ3) is 6.86. The Balaban J connectivity index is 4.42. The standard InChI is InChI=1S/C14H28N2O4/c1-9(17)12(13(19)20)16-11(18)6-5-10(7-8-15)14(2,3)4/h9-10,12,17H,5-8,15H2,1-4H3,(H,16,18)(H,19,20)/t9-,10?,12+/m1/s1. The van der Waals surface area contributed by atoms with Gasteiger partial charge in [0.1, 0.15) is 0 Å². The molecule has 0 saturated carbocycles. The lowest BCUT2D eigenvalue weighted by molar-refractivity contribution is -0.144. The summed E-state index contributed by atoms with van der Waals surface area (Å²) >= 11 is 0. The van der Waals surface area contributed by atoms with Crippen LogP contribution in [-0.2, 0) is 9.59 Å². The summed E-state index contributed by atoms with van der Waals surface area (Å²) < 4.78 is 0. The summed E-state index contributed by atoms with van der Waals surface area (Å²) in [6, 6.07) is -1.26. The van der Waals surface area contributed by atoms with Gasteiger partial charge in [-0.2, -0.15) is 0 Å². The van der Waals surface area contributed by atoms with Gasteiger partial charge in [0.05, 0.1) is 6.10 Å². The van der Waals surface area contributed by atoms with E-state index < -0.39 is 18.1 Å². The Kier molecular flexibility index (Phi) is 7.75. The van der Waals surface area contributed by atoms with Gasteiger partial charge in [-0.15, -0.1) is 0 Å². The molecule has 0 aromatic rings. The Hall–Kier alpha value is -1.14. The molecule has 0 fully saturated rings. The van der Waals surface area contributed by atoms with Gasteiger partial charge in [-0.3, -0.25) is 4.79 Å². The fourth-order valence-corrected chi connectivity index (χ4v) is 2.15. The van der Waals surface area contributed by atoms with Gasteiger partial charge in [-0.05, 0) is 37.6 Å². The van der Waals surface area contributed by atoms with Crippen LogP contribution in [0.3, 0.4) is 0 Å². The van der Waals surface area contributed by atoms with E-state index in [1.165, 1.54) is 6.92 Å². The van der Waals surface area contributed by atoms with Crippen LogP contribution in [0.4, 0.5) is 0 Å². The number of carbonyl (C=O) groups is 2. The first-order valence-corrected chi connectivity index (χ1v) is 7.00. The number of amides is 1. The van der Waals surface area contributed by atoms with Crippen LogP contribution in [-0.4, -0.2) is 40.8 Å². The summed E-state index contributed by atoms with van der Waals surface area (Å²) in [5.74, 6) is -1.29. The van der Waals surface area contributed by atoms with Crippen molar-refractivity contribution < 1.29 is 19.8 Å². The van der Waals surface area contributed by atoms with Gasteiger partial charge in [-0.1, -0.05) is 20.8 Å². The number of carboxylic acids is 1. The molecule has 6 nitrogen and oxygen atoms in total. The van der Waals surface area contributed by atoms with Crippen molar-refractivity contribution in [3.8, 4) is 0 Å². The average molecular weight is 288 g/mol. The number of carbonyl (C=O) groups excluding carboxylic acids is 1. The summed E-state index contributed by atoms with van der Waals surface area (Å²) in [6.45, 7) is 8.20. The molecule has 3 atom stereocenters. The maximum Gasteiger partial charge on any atom is 0.328 e. The van der Waals surface area contributed by atoms with Crippen molar-refractivity contribution in [1.82, 2.24) is 5.32 Å². The number of aliphatic hydroxyl groups excluding tert-OH is 1. The van der Waals surface area contributed by atoms with E-state index in [9.17, 15) is 14.7 Å².